The van der Waals surface area contributed by atoms with E-state index in [-0.39, 0.29) is 11.7 Å². The quantitative estimate of drug-likeness (QED) is 0.893. The Kier molecular flexibility index (Phi) is 3.24. The van der Waals surface area contributed by atoms with Crippen molar-refractivity contribution >= 4 is 23.2 Å². The second-order valence-electron chi connectivity index (χ2n) is 4.61. The van der Waals surface area contributed by atoms with E-state index in [1.807, 2.05) is 12.1 Å². The first-order valence-electron chi connectivity index (χ1n) is 6.17. The summed E-state index contributed by atoms with van der Waals surface area (Å²) in [7, 11) is 0. The summed E-state index contributed by atoms with van der Waals surface area (Å²) in [6, 6.07) is 11.9. The van der Waals surface area contributed by atoms with E-state index in [2.05, 4.69) is 5.32 Å². The van der Waals surface area contributed by atoms with Crippen molar-refractivity contribution in [2.24, 2.45) is 0 Å². The van der Waals surface area contributed by atoms with Crippen LogP contribution in [0.15, 0.2) is 42.5 Å². The molecule has 3 rings (SSSR count). The molecule has 0 aliphatic carbocycles. The van der Waals surface area contributed by atoms with Gasteiger partial charge in [0.1, 0.15) is 11.5 Å². The number of benzene rings is 2. The fraction of sp³-hybridized carbons (Fsp3) is 0.133. The zero-order valence-electron chi connectivity index (χ0n) is 10.5. The van der Waals surface area contributed by atoms with Gasteiger partial charge in [0.25, 0.3) is 5.91 Å². The van der Waals surface area contributed by atoms with Crippen molar-refractivity contribution in [2.45, 2.75) is 12.5 Å². The predicted octanol–water partition coefficient (Wildman–Crippen LogP) is 2.99. The monoisotopic (exact) mass is 289 g/mol. The molecule has 1 unspecified atom stereocenters. The second kappa shape index (κ2) is 5.06. The Labute approximate surface area is 120 Å². The zero-order valence-corrected chi connectivity index (χ0v) is 11.2. The van der Waals surface area contributed by atoms with Gasteiger partial charge in [-0.1, -0.05) is 23.7 Å². The molecule has 0 aromatic heterocycles. The minimum atomic E-state index is -0.590. The average Bonchev–Trinajstić information content (AvgIpc) is 2.42. The van der Waals surface area contributed by atoms with Crippen LogP contribution >= 0.6 is 11.6 Å². The Balaban J connectivity index is 1.80. The molecule has 2 aromatic carbocycles. The summed E-state index contributed by atoms with van der Waals surface area (Å²) in [5, 5.41) is 12.8. The molecule has 2 N–H and O–H groups in total. The minimum Gasteiger partial charge on any atom is -0.508 e. The summed E-state index contributed by atoms with van der Waals surface area (Å²) in [6.07, 6.45) is -0.128. The lowest BCUT2D eigenvalue weighted by Crippen LogP contribution is -2.38. The van der Waals surface area contributed by atoms with Crippen molar-refractivity contribution in [3.8, 4) is 11.5 Å². The molecule has 0 radical (unpaired) electrons. The van der Waals surface area contributed by atoms with Crippen LogP contribution < -0.4 is 10.1 Å². The molecule has 0 saturated heterocycles. The Hall–Kier alpha value is -2.20. The molecule has 0 saturated carbocycles. The highest BCUT2D eigenvalue weighted by atomic mass is 35.5. The van der Waals surface area contributed by atoms with Gasteiger partial charge < -0.3 is 15.2 Å². The number of hydrogen-bond acceptors (Lipinski definition) is 3. The van der Waals surface area contributed by atoms with Crippen molar-refractivity contribution in [2.75, 3.05) is 5.32 Å². The van der Waals surface area contributed by atoms with Gasteiger partial charge in [-0.3, -0.25) is 4.79 Å². The fourth-order valence-corrected chi connectivity index (χ4v) is 2.23. The van der Waals surface area contributed by atoms with Crippen LogP contribution in [0.4, 0.5) is 5.69 Å². The third-order valence-corrected chi connectivity index (χ3v) is 3.37. The molecule has 0 fully saturated rings. The summed E-state index contributed by atoms with van der Waals surface area (Å²) in [5.41, 5.74) is 1.46. The van der Waals surface area contributed by atoms with Crippen LogP contribution in [0.3, 0.4) is 0 Å². The molecule has 5 heteroatoms. The molecular weight excluding hydrogens is 278 g/mol. The van der Waals surface area contributed by atoms with Crippen LogP contribution in [0.2, 0.25) is 5.02 Å². The van der Waals surface area contributed by atoms with Gasteiger partial charge in [0.2, 0.25) is 0 Å². The van der Waals surface area contributed by atoms with Crippen LogP contribution in [-0.4, -0.2) is 17.1 Å². The number of ether oxygens (including phenoxy) is 1. The van der Waals surface area contributed by atoms with Gasteiger partial charge in [0.05, 0.1) is 5.69 Å². The molecule has 1 heterocycles. The number of carbonyl (C=O) groups excluding carboxylic acids is 1. The van der Waals surface area contributed by atoms with E-state index in [0.717, 1.165) is 5.56 Å². The number of phenols is 1. The standard InChI is InChI=1S/C15H12ClNO3/c16-10-3-1-9(2-4-10)7-14-15(19)17-12-8-11(18)5-6-13(12)20-14/h1-6,8,14,18H,7H2,(H,17,19). The summed E-state index contributed by atoms with van der Waals surface area (Å²) in [5.74, 6) is 0.420. The molecule has 2 aromatic rings. The summed E-state index contributed by atoms with van der Waals surface area (Å²) >= 11 is 5.83. The summed E-state index contributed by atoms with van der Waals surface area (Å²) < 4.78 is 5.68. The zero-order chi connectivity index (χ0) is 14.1. The van der Waals surface area contributed by atoms with Gasteiger partial charge >= 0.3 is 0 Å². The van der Waals surface area contributed by atoms with Gasteiger partial charge in [-0.2, -0.15) is 0 Å². The number of hydrogen-bond donors (Lipinski definition) is 2. The summed E-state index contributed by atoms with van der Waals surface area (Å²) in [4.78, 5) is 12.0. The number of halogens is 1. The Morgan fingerprint density at radius 2 is 1.95 bits per heavy atom. The van der Waals surface area contributed by atoms with Gasteiger partial charge in [-0.25, -0.2) is 0 Å². The first-order valence-corrected chi connectivity index (χ1v) is 6.54. The predicted molar refractivity (Wildman–Crippen MR) is 76.3 cm³/mol. The van der Waals surface area contributed by atoms with Crippen LogP contribution in [0, 0.1) is 0 Å². The van der Waals surface area contributed by atoms with E-state index in [9.17, 15) is 9.90 Å². The van der Waals surface area contributed by atoms with Crippen molar-refractivity contribution in [1.82, 2.24) is 0 Å². The third-order valence-electron chi connectivity index (χ3n) is 3.12. The second-order valence-corrected chi connectivity index (χ2v) is 5.04. The maximum atomic E-state index is 12.0. The normalized spacial score (nSPS) is 17.1. The number of phenolic OH excluding ortho intramolecular Hbond substituents is 1. The molecule has 4 nitrogen and oxygen atoms in total. The van der Waals surface area contributed by atoms with E-state index >= 15 is 0 Å². The van der Waals surface area contributed by atoms with Crippen LogP contribution in [-0.2, 0) is 11.2 Å². The van der Waals surface area contributed by atoms with E-state index in [1.165, 1.54) is 12.1 Å². The number of rotatable bonds is 2. The van der Waals surface area contributed by atoms with Crippen molar-refractivity contribution in [1.29, 1.82) is 0 Å². The smallest absolute Gasteiger partial charge is 0.265 e. The number of carbonyl (C=O) groups is 1. The molecular formula is C15H12ClNO3. The molecule has 0 bridgehead atoms. The van der Waals surface area contributed by atoms with E-state index < -0.39 is 6.10 Å². The fourth-order valence-electron chi connectivity index (χ4n) is 2.11. The number of aromatic hydroxyl groups is 1. The van der Waals surface area contributed by atoms with E-state index in [0.29, 0.717) is 22.9 Å². The number of nitrogens with one attached hydrogen (secondary N) is 1. The molecule has 20 heavy (non-hydrogen) atoms. The molecule has 0 spiro atoms. The number of fused-ring (bicyclic) bond motifs is 1. The van der Waals surface area contributed by atoms with Gasteiger partial charge in [0, 0.05) is 17.5 Å². The van der Waals surface area contributed by atoms with Crippen LogP contribution in [0.1, 0.15) is 5.56 Å². The SMILES string of the molecule is O=C1Nc2cc(O)ccc2OC1Cc1ccc(Cl)cc1. The molecule has 102 valence electrons. The summed E-state index contributed by atoms with van der Waals surface area (Å²) in [6.45, 7) is 0. The lowest BCUT2D eigenvalue weighted by molar-refractivity contribution is -0.123. The average molecular weight is 290 g/mol. The third kappa shape index (κ3) is 2.56. The van der Waals surface area contributed by atoms with Crippen molar-refractivity contribution < 1.29 is 14.6 Å². The number of anilines is 1. The van der Waals surface area contributed by atoms with Crippen LogP contribution in [0.5, 0.6) is 11.5 Å². The maximum absolute atomic E-state index is 12.0. The molecule has 1 amide bonds. The molecule has 1 aliphatic rings. The van der Waals surface area contributed by atoms with E-state index in [1.54, 1.807) is 18.2 Å². The largest absolute Gasteiger partial charge is 0.508 e. The topological polar surface area (TPSA) is 58.6 Å². The van der Waals surface area contributed by atoms with Gasteiger partial charge in [-0.05, 0) is 29.8 Å². The highest BCUT2D eigenvalue weighted by Crippen LogP contribution is 2.33. The maximum Gasteiger partial charge on any atom is 0.265 e. The number of amides is 1. The lowest BCUT2D eigenvalue weighted by Gasteiger charge is -2.26. The van der Waals surface area contributed by atoms with Crippen molar-refractivity contribution in [3.63, 3.8) is 0 Å². The van der Waals surface area contributed by atoms with E-state index in [4.69, 9.17) is 16.3 Å². The highest BCUT2D eigenvalue weighted by molar-refractivity contribution is 6.30. The Morgan fingerprint density at radius 3 is 2.70 bits per heavy atom. The van der Waals surface area contributed by atoms with Gasteiger partial charge in [-0.15, -0.1) is 0 Å². The van der Waals surface area contributed by atoms with Crippen LogP contribution in [0.25, 0.3) is 0 Å². The van der Waals surface area contributed by atoms with Crippen molar-refractivity contribution in [3.05, 3.63) is 53.1 Å². The lowest BCUT2D eigenvalue weighted by atomic mass is 10.1. The molecule has 1 atom stereocenters. The molecule has 1 aliphatic heterocycles. The minimum absolute atomic E-state index is 0.0869. The Morgan fingerprint density at radius 1 is 1.20 bits per heavy atom. The Bertz CT molecular complexity index is 655. The first kappa shape index (κ1) is 12.8. The highest BCUT2D eigenvalue weighted by Gasteiger charge is 2.27. The first-order chi connectivity index (χ1) is 9.61. The van der Waals surface area contributed by atoms with Gasteiger partial charge in [0.15, 0.2) is 6.10 Å².